The molecule has 5 nitrogen and oxygen atoms in total. The number of esters is 1. The van der Waals surface area contributed by atoms with Crippen LogP contribution in [-0.4, -0.2) is 42.2 Å². The number of ether oxygens (including phenoxy) is 1. The first-order chi connectivity index (χ1) is 22.2. The van der Waals surface area contributed by atoms with Crippen LogP contribution >= 0.6 is 0 Å². The van der Waals surface area contributed by atoms with Crippen molar-refractivity contribution in [3.8, 4) is 0 Å². The van der Waals surface area contributed by atoms with Crippen molar-refractivity contribution in [3.05, 3.63) is 23.4 Å². The van der Waals surface area contributed by atoms with Gasteiger partial charge in [-0.1, -0.05) is 116 Å². The Labute approximate surface area is 271 Å². The summed E-state index contributed by atoms with van der Waals surface area (Å²) in [5.74, 6) is -19.1. The Morgan fingerprint density at radius 2 is 1.02 bits per heavy atom. The van der Waals surface area contributed by atoms with Gasteiger partial charge in [-0.3, -0.25) is 0 Å². The van der Waals surface area contributed by atoms with Crippen molar-refractivity contribution in [2.75, 3.05) is 6.61 Å². The number of fused-ring (bicyclic) bond motifs is 1. The summed E-state index contributed by atoms with van der Waals surface area (Å²) in [6.07, 6.45) is 13.7. The highest BCUT2D eigenvalue weighted by Gasteiger charge is 2.81. The van der Waals surface area contributed by atoms with E-state index in [0.717, 1.165) is 51.4 Å². The van der Waals surface area contributed by atoms with E-state index in [4.69, 9.17) is 4.74 Å². The number of unbranched alkanes of at least 4 members (excludes halogenated alkanes) is 19. The molecule has 14 heteroatoms. The summed E-state index contributed by atoms with van der Waals surface area (Å²) in [4.78, 5) is 12.2. The van der Waals surface area contributed by atoms with Crippen LogP contribution in [0, 0.1) is 0 Å². The molecule has 1 aliphatic heterocycles. The molecule has 0 saturated carbocycles. The van der Waals surface area contributed by atoms with Gasteiger partial charge in [-0.05, 0) is 30.2 Å². The van der Waals surface area contributed by atoms with Crippen molar-refractivity contribution < 1.29 is 49.0 Å². The number of rotatable bonds is 26. The van der Waals surface area contributed by atoms with Gasteiger partial charge in [0.1, 0.15) is 5.70 Å². The van der Waals surface area contributed by atoms with Crippen LogP contribution in [0.5, 0.6) is 0 Å². The Balaban J connectivity index is 1.30. The molecule has 0 fully saturated rings. The Bertz CT molecular complexity index is 1070. The fraction of sp³-hybridized carbons (Fsp3) is 0.818. The van der Waals surface area contributed by atoms with Crippen molar-refractivity contribution >= 4 is 11.7 Å². The lowest BCUT2D eigenvalue weighted by molar-refractivity contribution is -0.396. The highest BCUT2D eigenvalue weighted by atomic mass is 19.4. The van der Waals surface area contributed by atoms with E-state index in [1.165, 1.54) is 51.4 Å². The molecule has 0 aromatic heterocycles. The summed E-state index contributed by atoms with van der Waals surface area (Å²) in [6.45, 7) is 0.420. The van der Waals surface area contributed by atoms with E-state index in [9.17, 15) is 44.3 Å². The van der Waals surface area contributed by atoms with E-state index in [1.807, 2.05) is 0 Å². The number of hydrogen-bond acceptors (Lipinski definition) is 5. The number of allylic oxidation sites excluding steroid dienone is 3. The molecule has 0 atom stereocenters. The second-order valence-electron chi connectivity index (χ2n) is 12.5. The Morgan fingerprint density at radius 1 is 0.596 bits per heavy atom. The first kappa shape index (κ1) is 40.8. The predicted molar refractivity (Wildman–Crippen MR) is 162 cm³/mol. The molecular formula is C33H48F9N3O2. The molecule has 0 bridgehead atoms. The van der Waals surface area contributed by atoms with Crippen molar-refractivity contribution in [2.45, 2.75) is 165 Å². The first-order valence-electron chi connectivity index (χ1n) is 17.0. The average molecular weight is 690 g/mol. The summed E-state index contributed by atoms with van der Waals surface area (Å²) in [7, 11) is 0. The smallest absolute Gasteiger partial charge is 0.460 e. The maximum Gasteiger partial charge on any atom is 0.460 e. The van der Waals surface area contributed by atoms with Gasteiger partial charge in [-0.2, -0.15) is 39.5 Å². The van der Waals surface area contributed by atoms with Gasteiger partial charge in [0.05, 0.1) is 12.3 Å². The minimum absolute atomic E-state index is 0.0625. The predicted octanol–water partition coefficient (Wildman–Crippen LogP) is 12.2. The highest BCUT2D eigenvalue weighted by molar-refractivity contribution is 6.08. The molecule has 1 heterocycles. The molecule has 0 aromatic rings. The van der Waals surface area contributed by atoms with Crippen molar-refractivity contribution in [1.82, 2.24) is 0 Å². The fourth-order valence-electron chi connectivity index (χ4n) is 5.50. The zero-order valence-corrected chi connectivity index (χ0v) is 27.0. The summed E-state index contributed by atoms with van der Waals surface area (Å²) in [6, 6.07) is 0. The van der Waals surface area contributed by atoms with E-state index < -0.39 is 36.8 Å². The molecule has 47 heavy (non-hydrogen) atoms. The summed E-state index contributed by atoms with van der Waals surface area (Å²) < 4.78 is 121. The zero-order chi connectivity index (χ0) is 34.8. The van der Waals surface area contributed by atoms with Crippen LogP contribution in [0.1, 0.15) is 141 Å². The van der Waals surface area contributed by atoms with Gasteiger partial charge >= 0.3 is 29.9 Å². The Kier molecular flexibility index (Phi) is 17.5. The maximum absolute atomic E-state index is 13.5. The minimum Gasteiger partial charge on any atom is -0.462 e. The van der Waals surface area contributed by atoms with Crippen LogP contribution in [0.15, 0.2) is 38.9 Å². The molecule has 0 spiro atoms. The SMILES string of the molecule is O=C(OCCCCCCCCCCCCCCCCCCCCCCC(F)(F)C(F)(F)C(F)(F)C(F)(F)F)C1=CC=C2N=NN=C2C1. The number of nitrogens with zero attached hydrogens (tertiary/aromatic N) is 3. The minimum atomic E-state index is -6.80. The van der Waals surface area contributed by atoms with Crippen molar-refractivity contribution in [2.24, 2.45) is 15.4 Å². The number of halogens is 9. The van der Waals surface area contributed by atoms with E-state index in [1.54, 1.807) is 12.2 Å². The van der Waals surface area contributed by atoms with Gasteiger partial charge < -0.3 is 4.74 Å². The first-order valence-corrected chi connectivity index (χ1v) is 17.0. The second kappa shape index (κ2) is 20.2. The van der Waals surface area contributed by atoms with Gasteiger partial charge in [-0.25, -0.2) is 4.79 Å². The topological polar surface area (TPSA) is 63.4 Å². The molecule has 270 valence electrons. The van der Waals surface area contributed by atoms with Crippen LogP contribution < -0.4 is 0 Å². The Hall–Kier alpha value is -2.41. The fourth-order valence-corrected chi connectivity index (χ4v) is 5.50. The molecule has 1 aliphatic carbocycles. The standard InChI is InChI=1S/C33H48F9N3O2/c34-30(35,31(36,37)32(38,39)33(40,41)42)23-19-17-15-13-11-9-7-5-3-1-2-4-6-8-10-12-14-16-18-20-24-47-29(46)26-21-22-27-28(25-26)44-45-43-27/h21-22H,1-20,23-25H2. The second-order valence-corrected chi connectivity index (χ2v) is 12.5. The number of carbonyl (C=O) groups is 1. The van der Waals surface area contributed by atoms with E-state index in [2.05, 4.69) is 15.4 Å². The van der Waals surface area contributed by atoms with Gasteiger partial charge in [0.2, 0.25) is 0 Å². The van der Waals surface area contributed by atoms with Crippen LogP contribution in [0.25, 0.3) is 0 Å². The Morgan fingerprint density at radius 3 is 1.47 bits per heavy atom. The average Bonchev–Trinajstić information content (AvgIpc) is 3.48. The lowest BCUT2D eigenvalue weighted by atomic mass is 9.97. The van der Waals surface area contributed by atoms with Crippen molar-refractivity contribution in [1.29, 1.82) is 0 Å². The van der Waals surface area contributed by atoms with Crippen LogP contribution in [-0.2, 0) is 9.53 Å². The highest BCUT2D eigenvalue weighted by Crippen LogP contribution is 2.54. The lowest BCUT2D eigenvalue weighted by Crippen LogP contribution is -2.60. The lowest BCUT2D eigenvalue weighted by Gasteiger charge is -2.33. The summed E-state index contributed by atoms with van der Waals surface area (Å²) in [5, 5.41) is 11.4. The summed E-state index contributed by atoms with van der Waals surface area (Å²) in [5.41, 5.74) is 1.97. The molecule has 0 saturated heterocycles. The molecule has 2 rings (SSSR count). The molecule has 2 aliphatic rings. The normalized spacial score (nSPS) is 15.4. The van der Waals surface area contributed by atoms with Gasteiger partial charge in [0, 0.05) is 18.4 Å². The molecule has 0 aromatic carbocycles. The summed E-state index contributed by atoms with van der Waals surface area (Å²) >= 11 is 0. The third-order valence-corrected chi connectivity index (χ3v) is 8.50. The van der Waals surface area contributed by atoms with E-state index >= 15 is 0 Å². The monoisotopic (exact) mass is 689 g/mol. The van der Waals surface area contributed by atoms with E-state index in [0.29, 0.717) is 42.9 Å². The van der Waals surface area contributed by atoms with Crippen LogP contribution in [0.4, 0.5) is 39.5 Å². The van der Waals surface area contributed by atoms with Gasteiger partial charge in [-0.15, -0.1) is 10.2 Å². The molecular weight excluding hydrogens is 641 g/mol. The molecule has 0 amide bonds. The number of alkyl halides is 9. The van der Waals surface area contributed by atoms with Crippen LogP contribution in [0.3, 0.4) is 0 Å². The third-order valence-electron chi connectivity index (χ3n) is 8.50. The third kappa shape index (κ3) is 13.6. The number of hydrogen-bond donors (Lipinski definition) is 0. The maximum atomic E-state index is 13.5. The quantitative estimate of drug-likeness (QED) is 0.0515. The molecule has 0 unspecified atom stereocenters. The molecule has 0 radical (unpaired) electrons. The zero-order valence-electron chi connectivity index (χ0n) is 27.0. The van der Waals surface area contributed by atoms with Gasteiger partial charge in [0.15, 0.2) is 0 Å². The van der Waals surface area contributed by atoms with Gasteiger partial charge in [0.25, 0.3) is 0 Å². The van der Waals surface area contributed by atoms with Crippen LogP contribution in [0.2, 0.25) is 0 Å². The molecule has 0 N–H and O–H groups in total. The largest absolute Gasteiger partial charge is 0.462 e. The van der Waals surface area contributed by atoms with E-state index in [-0.39, 0.29) is 12.4 Å². The number of carbonyl (C=O) groups excluding carboxylic acids is 1. The van der Waals surface area contributed by atoms with Crippen molar-refractivity contribution in [3.63, 3.8) is 0 Å².